The summed E-state index contributed by atoms with van der Waals surface area (Å²) in [6.45, 7) is 2.24. The zero-order chi connectivity index (χ0) is 12.0. The van der Waals surface area contributed by atoms with Crippen molar-refractivity contribution in [2.24, 2.45) is 5.73 Å². The summed E-state index contributed by atoms with van der Waals surface area (Å²) in [5.41, 5.74) is 7.00. The summed E-state index contributed by atoms with van der Waals surface area (Å²) in [6.07, 6.45) is 1.65. The molecule has 0 unspecified atom stereocenters. The van der Waals surface area contributed by atoms with E-state index in [0.717, 1.165) is 12.1 Å². The minimum atomic E-state index is 0.00995. The number of methoxy groups -OCH3 is 1. The van der Waals surface area contributed by atoms with Crippen molar-refractivity contribution in [2.75, 3.05) is 27.3 Å². The van der Waals surface area contributed by atoms with Gasteiger partial charge in [0.15, 0.2) is 0 Å². The average molecular weight is 222 g/mol. The van der Waals surface area contributed by atoms with Gasteiger partial charge in [-0.2, -0.15) is 0 Å². The quantitative estimate of drug-likeness (QED) is 0.541. The van der Waals surface area contributed by atoms with E-state index in [9.17, 15) is 0 Å². The second kappa shape index (κ2) is 6.19. The third-order valence-corrected chi connectivity index (χ3v) is 2.26. The van der Waals surface area contributed by atoms with E-state index in [1.165, 1.54) is 0 Å². The van der Waals surface area contributed by atoms with Crippen molar-refractivity contribution in [3.05, 3.63) is 29.6 Å². The number of amidine groups is 1. The van der Waals surface area contributed by atoms with Gasteiger partial charge in [0.25, 0.3) is 0 Å². The molecule has 0 fully saturated rings. The van der Waals surface area contributed by atoms with Crippen LogP contribution in [-0.2, 0) is 11.3 Å². The molecule has 1 aromatic heterocycles. The molecule has 0 aliphatic carbocycles. The number of nitrogens with two attached hydrogens (primary N) is 1. The normalized spacial score (nSPS) is 10.7. The van der Waals surface area contributed by atoms with Crippen LogP contribution in [0.1, 0.15) is 11.3 Å². The molecule has 0 bridgehead atoms. The van der Waals surface area contributed by atoms with Crippen LogP contribution in [0.4, 0.5) is 0 Å². The molecule has 1 heterocycles. The van der Waals surface area contributed by atoms with Gasteiger partial charge in [-0.1, -0.05) is 6.07 Å². The summed E-state index contributed by atoms with van der Waals surface area (Å²) in [4.78, 5) is 6.21. The number of pyridine rings is 1. The van der Waals surface area contributed by atoms with Crippen LogP contribution in [-0.4, -0.2) is 43.0 Å². The van der Waals surface area contributed by atoms with E-state index in [1.54, 1.807) is 13.3 Å². The monoisotopic (exact) mass is 222 g/mol. The number of likely N-dealkylation sites (N-methyl/N-ethyl adjacent to an activating group) is 1. The largest absolute Gasteiger partial charge is 0.383 e. The SMILES string of the molecule is COCCN(C)Cc1cccnc1C(=N)N. The Kier molecular flexibility index (Phi) is 4.88. The van der Waals surface area contributed by atoms with Crippen LogP contribution in [0.25, 0.3) is 0 Å². The van der Waals surface area contributed by atoms with E-state index in [0.29, 0.717) is 18.8 Å². The third kappa shape index (κ3) is 3.60. The lowest BCUT2D eigenvalue weighted by Gasteiger charge is -2.17. The molecule has 0 amide bonds. The predicted molar refractivity (Wildman–Crippen MR) is 63.5 cm³/mol. The lowest BCUT2D eigenvalue weighted by molar-refractivity contribution is 0.158. The molecule has 16 heavy (non-hydrogen) atoms. The Morgan fingerprint density at radius 2 is 2.38 bits per heavy atom. The summed E-state index contributed by atoms with van der Waals surface area (Å²) >= 11 is 0. The predicted octanol–water partition coefficient (Wildman–Crippen LogP) is 0.444. The van der Waals surface area contributed by atoms with Crippen LogP contribution in [0.5, 0.6) is 0 Å². The molecule has 5 heteroatoms. The lowest BCUT2D eigenvalue weighted by Crippen LogP contribution is -2.25. The maximum Gasteiger partial charge on any atom is 0.142 e. The van der Waals surface area contributed by atoms with Crippen LogP contribution < -0.4 is 5.73 Å². The first-order chi connectivity index (χ1) is 7.65. The summed E-state index contributed by atoms with van der Waals surface area (Å²) in [7, 11) is 3.68. The number of nitrogens with zero attached hydrogens (tertiary/aromatic N) is 2. The molecule has 5 nitrogen and oxygen atoms in total. The number of aromatic nitrogens is 1. The minimum absolute atomic E-state index is 0.00995. The van der Waals surface area contributed by atoms with Gasteiger partial charge in [0.1, 0.15) is 11.5 Å². The fraction of sp³-hybridized carbons (Fsp3) is 0.455. The Labute approximate surface area is 95.7 Å². The molecule has 0 radical (unpaired) electrons. The first-order valence-electron chi connectivity index (χ1n) is 5.11. The van der Waals surface area contributed by atoms with E-state index in [2.05, 4.69) is 9.88 Å². The second-order valence-corrected chi connectivity index (χ2v) is 3.66. The number of rotatable bonds is 6. The van der Waals surface area contributed by atoms with Crippen LogP contribution >= 0.6 is 0 Å². The van der Waals surface area contributed by atoms with Crippen molar-refractivity contribution in [1.82, 2.24) is 9.88 Å². The molecule has 0 spiro atoms. The van der Waals surface area contributed by atoms with Crippen molar-refractivity contribution >= 4 is 5.84 Å². The maximum absolute atomic E-state index is 7.43. The van der Waals surface area contributed by atoms with Gasteiger partial charge in [-0.15, -0.1) is 0 Å². The molecule has 0 aliphatic rings. The van der Waals surface area contributed by atoms with Crippen LogP contribution in [0, 0.1) is 5.41 Å². The van der Waals surface area contributed by atoms with Gasteiger partial charge in [0.05, 0.1) is 6.61 Å². The number of nitrogens with one attached hydrogen (secondary N) is 1. The minimum Gasteiger partial charge on any atom is -0.383 e. The first-order valence-corrected chi connectivity index (χ1v) is 5.11. The molecule has 3 N–H and O–H groups in total. The Balaban J connectivity index is 2.69. The zero-order valence-corrected chi connectivity index (χ0v) is 9.73. The highest BCUT2D eigenvalue weighted by Crippen LogP contribution is 2.07. The van der Waals surface area contributed by atoms with Crippen LogP contribution in [0.3, 0.4) is 0 Å². The highest BCUT2D eigenvalue weighted by molar-refractivity contribution is 5.94. The summed E-state index contributed by atoms with van der Waals surface area (Å²) in [5, 5.41) is 7.43. The van der Waals surface area contributed by atoms with Gasteiger partial charge >= 0.3 is 0 Å². The molecule has 0 saturated heterocycles. The second-order valence-electron chi connectivity index (χ2n) is 3.66. The van der Waals surface area contributed by atoms with Gasteiger partial charge in [-0.25, -0.2) is 0 Å². The fourth-order valence-electron chi connectivity index (χ4n) is 1.43. The highest BCUT2D eigenvalue weighted by Gasteiger charge is 2.08. The summed E-state index contributed by atoms with van der Waals surface area (Å²) < 4.78 is 5.00. The molecule has 1 rings (SSSR count). The Bertz CT molecular complexity index is 354. The Morgan fingerprint density at radius 3 is 3.00 bits per heavy atom. The highest BCUT2D eigenvalue weighted by atomic mass is 16.5. The fourth-order valence-corrected chi connectivity index (χ4v) is 1.43. The smallest absolute Gasteiger partial charge is 0.142 e. The molecule has 0 atom stereocenters. The van der Waals surface area contributed by atoms with Gasteiger partial charge in [-0.05, 0) is 18.7 Å². The average Bonchev–Trinajstić information content (AvgIpc) is 2.27. The maximum atomic E-state index is 7.43. The molecule has 1 aromatic rings. The van der Waals surface area contributed by atoms with Crippen molar-refractivity contribution in [3.63, 3.8) is 0 Å². The van der Waals surface area contributed by atoms with Crippen LogP contribution in [0.2, 0.25) is 0 Å². The molecule has 0 aliphatic heterocycles. The number of nitrogen functional groups attached to an aromatic ring is 1. The molecular formula is C11H18N4O. The summed E-state index contributed by atoms with van der Waals surface area (Å²) in [5.74, 6) is 0.00995. The molecular weight excluding hydrogens is 204 g/mol. The van der Waals surface area contributed by atoms with Crippen molar-refractivity contribution in [3.8, 4) is 0 Å². The Morgan fingerprint density at radius 1 is 1.62 bits per heavy atom. The Hall–Kier alpha value is -1.46. The van der Waals surface area contributed by atoms with Crippen molar-refractivity contribution in [2.45, 2.75) is 6.54 Å². The van der Waals surface area contributed by atoms with E-state index in [-0.39, 0.29) is 5.84 Å². The van der Waals surface area contributed by atoms with E-state index < -0.39 is 0 Å². The molecule has 0 aromatic carbocycles. The number of hydrogen-bond donors (Lipinski definition) is 2. The zero-order valence-electron chi connectivity index (χ0n) is 9.73. The summed E-state index contributed by atoms with van der Waals surface area (Å²) in [6, 6.07) is 3.79. The number of ether oxygens (including phenoxy) is 1. The van der Waals surface area contributed by atoms with Gasteiger partial charge in [-0.3, -0.25) is 15.3 Å². The van der Waals surface area contributed by atoms with E-state index in [4.69, 9.17) is 15.9 Å². The topological polar surface area (TPSA) is 75.2 Å². The first kappa shape index (κ1) is 12.6. The van der Waals surface area contributed by atoms with Crippen molar-refractivity contribution in [1.29, 1.82) is 5.41 Å². The number of hydrogen-bond acceptors (Lipinski definition) is 4. The molecule has 0 saturated carbocycles. The standard InChI is InChI=1S/C11H18N4O/c1-15(6-7-16-2)8-9-4-3-5-14-10(9)11(12)13/h3-5H,6-8H2,1-2H3,(H3,12,13). The lowest BCUT2D eigenvalue weighted by atomic mass is 10.1. The van der Waals surface area contributed by atoms with E-state index >= 15 is 0 Å². The van der Waals surface area contributed by atoms with E-state index in [1.807, 2.05) is 19.2 Å². The third-order valence-electron chi connectivity index (χ3n) is 2.26. The van der Waals surface area contributed by atoms with Gasteiger partial charge in [0.2, 0.25) is 0 Å². The van der Waals surface area contributed by atoms with Crippen molar-refractivity contribution < 1.29 is 4.74 Å². The van der Waals surface area contributed by atoms with Gasteiger partial charge < -0.3 is 10.5 Å². The molecule has 88 valence electrons. The van der Waals surface area contributed by atoms with Crippen LogP contribution in [0.15, 0.2) is 18.3 Å². The van der Waals surface area contributed by atoms with Gasteiger partial charge in [0, 0.05) is 26.4 Å².